The number of hydrogen-bond acceptors (Lipinski definition) is 4. The molecule has 0 radical (unpaired) electrons. The molecule has 0 unspecified atom stereocenters. The van der Waals surface area contributed by atoms with Crippen molar-refractivity contribution < 1.29 is 20.1 Å². The summed E-state index contributed by atoms with van der Waals surface area (Å²) in [5, 5.41) is 27.4. The smallest absolute Gasteiger partial charge is 0.101 e. The van der Waals surface area contributed by atoms with Gasteiger partial charge in [0.25, 0.3) is 0 Å². The Morgan fingerprint density at radius 1 is 1.70 bits per heavy atom. The lowest BCUT2D eigenvalue weighted by Gasteiger charge is -2.28. The van der Waals surface area contributed by atoms with Crippen LogP contribution in [0.5, 0.6) is 0 Å². The Hall–Kier alpha value is -0.610. The molecule has 0 spiro atoms. The Labute approximate surface area is 59.1 Å². The zero-order valence-corrected chi connectivity index (χ0v) is 6.00. The second kappa shape index (κ2) is 2.98. The molecule has 0 aromatic carbocycles. The van der Waals surface area contributed by atoms with Crippen molar-refractivity contribution in [2.75, 3.05) is 6.61 Å². The summed E-state index contributed by atoms with van der Waals surface area (Å²) >= 11 is 0. The minimum absolute atomic E-state index is 0.387. The number of aliphatic hydroxyl groups is 2. The summed E-state index contributed by atoms with van der Waals surface area (Å²) in [4.78, 5) is 10.0. The Morgan fingerprint density at radius 3 is 2.20 bits per heavy atom. The van der Waals surface area contributed by atoms with Crippen molar-refractivity contribution >= 4 is 5.97 Å². The third-order valence-electron chi connectivity index (χ3n) is 1.37. The Morgan fingerprint density at radius 2 is 2.10 bits per heavy atom. The summed E-state index contributed by atoms with van der Waals surface area (Å²) < 4.78 is 0. The first-order valence-electron chi connectivity index (χ1n) is 2.91. The fraction of sp³-hybridized carbons (Fsp3) is 0.833. The topological polar surface area (TPSA) is 80.6 Å². The van der Waals surface area contributed by atoms with Gasteiger partial charge in [-0.05, 0) is 0 Å². The maximum atomic E-state index is 10.0. The summed E-state index contributed by atoms with van der Waals surface area (Å²) in [7, 11) is 0. The largest absolute Gasteiger partial charge is 0.547 e. The number of aliphatic carboxylic acids is 1. The molecule has 0 fully saturated rings. The van der Waals surface area contributed by atoms with E-state index in [1.54, 1.807) is 0 Å². The van der Waals surface area contributed by atoms with Crippen molar-refractivity contribution in [1.29, 1.82) is 0 Å². The molecule has 1 atom stereocenters. The van der Waals surface area contributed by atoms with Crippen LogP contribution in [0.25, 0.3) is 0 Å². The molecule has 4 nitrogen and oxygen atoms in total. The first kappa shape index (κ1) is 9.39. The van der Waals surface area contributed by atoms with Gasteiger partial charge in [-0.2, -0.15) is 0 Å². The quantitative estimate of drug-likeness (QED) is 0.489. The minimum Gasteiger partial charge on any atom is -0.547 e. The first-order chi connectivity index (χ1) is 4.41. The van der Waals surface area contributed by atoms with Gasteiger partial charge in [-0.25, -0.2) is 0 Å². The number of carboxylic acid groups (broad SMARTS) is 1. The van der Waals surface area contributed by atoms with Crippen LogP contribution in [0.2, 0.25) is 0 Å². The molecule has 0 saturated heterocycles. The molecule has 0 amide bonds. The van der Waals surface area contributed by atoms with Crippen LogP contribution in [-0.2, 0) is 4.79 Å². The molecule has 0 saturated carbocycles. The highest BCUT2D eigenvalue weighted by atomic mass is 16.4. The van der Waals surface area contributed by atoms with Crippen molar-refractivity contribution in [3.05, 3.63) is 0 Å². The van der Waals surface area contributed by atoms with E-state index >= 15 is 0 Å². The highest BCUT2D eigenvalue weighted by Gasteiger charge is 2.27. The van der Waals surface area contributed by atoms with Crippen molar-refractivity contribution in [1.82, 2.24) is 0 Å². The lowest BCUT2D eigenvalue weighted by Crippen LogP contribution is -2.46. The molecule has 0 aliphatic rings. The van der Waals surface area contributed by atoms with Gasteiger partial charge in [0, 0.05) is 5.41 Å². The van der Waals surface area contributed by atoms with Crippen LogP contribution in [0, 0.1) is 5.41 Å². The fourth-order valence-corrected chi connectivity index (χ4v) is 0.406. The van der Waals surface area contributed by atoms with Crippen molar-refractivity contribution in [2.24, 2.45) is 5.41 Å². The molecule has 10 heavy (non-hydrogen) atoms. The van der Waals surface area contributed by atoms with E-state index in [-0.39, 0.29) is 6.61 Å². The normalized spacial score (nSPS) is 14.8. The maximum absolute atomic E-state index is 10.0. The Balaban J connectivity index is 4.17. The predicted octanol–water partition coefficient (Wildman–Crippen LogP) is -1.88. The van der Waals surface area contributed by atoms with Crippen molar-refractivity contribution in [3.8, 4) is 0 Å². The van der Waals surface area contributed by atoms with Crippen LogP contribution in [-0.4, -0.2) is 28.9 Å². The Kier molecular flexibility index (Phi) is 2.80. The standard InChI is InChI=1S/C6H12O4/c1-6(2,3-7)4(8)5(9)10/h4,7-8H,3H2,1-2H3,(H,9,10)/p-1/t4-/m0/s1. The van der Waals surface area contributed by atoms with Gasteiger partial charge in [0.05, 0.1) is 12.6 Å². The number of carboxylic acids is 1. The lowest BCUT2D eigenvalue weighted by molar-refractivity contribution is -0.319. The summed E-state index contributed by atoms with van der Waals surface area (Å²) in [6, 6.07) is 0. The summed E-state index contributed by atoms with van der Waals surface area (Å²) in [6.45, 7) is 2.49. The summed E-state index contributed by atoms with van der Waals surface area (Å²) in [5.74, 6) is -1.56. The monoisotopic (exact) mass is 147 g/mol. The minimum atomic E-state index is -1.61. The number of aliphatic hydroxyl groups excluding tert-OH is 2. The van der Waals surface area contributed by atoms with Gasteiger partial charge in [-0.1, -0.05) is 13.8 Å². The second-order valence-electron chi connectivity index (χ2n) is 2.87. The van der Waals surface area contributed by atoms with Crippen LogP contribution < -0.4 is 5.11 Å². The van der Waals surface area contributed by atoms with E-state index in [2.05, 4.69) is 0 Å². The van der Waals surface area contributed by atoms with Gasteiger partial charge in [0.15, 0.2) is 0 Å². The van der Waals surface area contributed by atoms with Crippen molar-refractivity contribution in [2.45, 2.75) is 20.0 Å². The molecule has 0 aromatic heterocycles. The van der Waals surface area contributed by atoms with E-state index in [4.69, 9.17) is 10.2 Å². The third kappa shape index (κ3) is 1.97. The average molecular weight is 147 g/mol. The zero-order valence-electron chi connectivity index (χ0n) is 6.00. The molecular formula is C6H11O4-. The van der Waals surface area contributed by atoms with E-state index < -0.39 is 17.5 Å². The highest BCUT2D eigenvalue weighted by molar-refractivity contribution is 5.70. The SMILES string of the molecule is CC(C)(CO)[C@@H](O)C(=O)[O-]. The number of carbonyl (C=O) groups is 1. The molecule has 60 valence electrons. The molecule has 2 N–H and O–H groups in total. The molecular weight excluding hydrogens is 136 g/mol. The molecule has 0 aliphatic heterocycles. The van der Waals surface area contributed by atoms with E-state index in [0.29, 0.717) is 0 Å². The Bertz CT molecular complexity index is 130. The molecule has 0 bridgehead atoms. The highest BCUT2D eigenvalue weighted by Crippen LogP contribution is 2.18. The number of carbonyl (C=O) groups excluding carboxylic acids is 1. The molecule has 0 aliphatic carbocycles. The van der Waals surface area contributed by atoms with Gasteiger partial charge >= 0.3 is 0 Å². The molecule has 4 heteroatoms. The predicted molar refractivity (Wildman–Crippen MR) is 31.9 cm³/mol. The second-order valence-corrected chi connectivity index (χ2v) is 2.87. The van der Waals surface area contributed by atoms with Crippen molar-refractivity contribution in [3.63, 3.8) is 0 Å². The van der Waals surface area contributed by atoms with Crippen LogP contribution in [0.15, 0.2) is 0 Å². The maximum Gasteiger partial charge on any atom is 0.101 e. The van der Waals surface area contributed by atoms with Gasteiger partial charge in [-0.15, -0.1) is 0 Å². The fourth-order valence-electron chi connectivity index (χ4n) is 0.406. The lowest BCUT2D eigenvalue weighted by atomic mass is 9.88. The van der Waals surface area contributed by atoms with Gasteiger partial charge in [0.2, 0.25) is 0 Å². The van der Waals surface area contributed by atoms with Crippen LogP contribution in [0.4, 0.5) is 0 Å². The van der Waals surface area contributed by atoms with E-state index in [1.165, 1.54) is 13.8 Å². The van der Waals surface area contributed by atoms with Gasteiger partial charge < -0.3 is 20.1 Å². The van der Waals surface area contributed by atoms with Crippen LogP contribution >= 0.6 is 0 Å². The van der Waals surface area contributed by atoms with E-state index in [0.717, 1.165) is 0 Å². The molecule has 0 heterocycles. The van der Waals surface area contributed by atoms with Crippen LogP contribution in [0.3, 0.4) is 0 Å². The summed E-state index contributed by atoms with van der Waals surface area (Å²) in [5.41, 5.74) is -1.03. The number of rotatable bonds is 3. The van der Waals surface area contributed by atoms with E-state index in [9.17, 15) is 9.90 Å². The third-order valence-corrected chi connectivity index (χ3v) is 1.37. The number of hydrogen-bond donors (Lipinski definition) is 2. The molecule has 0 rings (SSSR count). The van der Waals surface area contributed by atoms with Gasteiger partial charge in [-0.3, -0.25) is 0 Å². The van der Waals surface area contributed by atoms with Gasteiger partial charge in [0.1, 0.15) is 6.10 Å². The zero-order chi connectivity index (χ0) is 8.36. The van der Waals surface area contributed by atoms with E-state index in [1.807, 2.05) is 0 Å². The average Bonchev–Trinajstić information content (AvgIpc) is 1.86. The first-order valence-corrected chi connectivity index (χ1v) is 2.91. The van der Waals surface area contributed by atoms with Crippen LogP contribution in [0.1, 0.15) is 13.8 Å². The molecule has 0 aromatic rings. The summed E-state index contributed by atoms with van der Waals surface area (Å²) in [6.07, 6.45) is -1.61.